The number of rotatable bonds is 26. The standard InChI is InChI=1S/C32H32Cl3N3O5.C18H14Cl3NO3.C17H12Cl3NO3.C15H22N2O3.C11H9Cl2NO3.C7H6BrCl.4CH4.2H2S/c1-3-43-32(42)26(12-13-27(39)37(2)18-20-8-5-4-6-9-20)36-30(40)28-25(34)17-24-23(29(28)35)14-15-38(31(24)41)19-21-10-7-11-22(33)16-21;1-25-18(24)15-14(20)8-13-12(16(15)21)5-6-22(17(13)23)9-10-3-2-4-11(19)7-10;18-10-3-1-2-9(6-10)8-21-5-4-11-12(16(21)22)7-13(19)14(15(11)20)17(23)24;1-3-20-15(19)13(16)9-10-14(18)17(2)11-12-7-5-4-6-8-12;1-17-11(16)8-7(12)4-6-5(9(8)13)2-3-14-10(6)15;8-5-6-2-1-3-7(9)4-6;;;;;;/h4-11,16-17,26H,3,12-15,18-19H2,1-2H3,(H,36,40);2-4,7-8H,5-6,9H2,1H3;1-3,6-7H,4-5,8H2,(H,23,24);4-8,13H,3,9-11,16H2,1-2H3;4H,2-3H2,1H3,(H,14,15);1-4H,5H2;4*1H4;2*1H2/t26-;;;13-;;;;;;;;/m0..0......../s1. The molecule has 0 saturated carbocycles. The zero-order valence-corrected chi connectivity index (χ0v) is 89.0. The van der Waals surface area contributed by atoms with Crippen LogP contribution in [0.3, 0.4) is 0 Å². The molecular weight excluding hydrogens is 2200 g/mol. The lowest BCUT2D eigenvalue weighted by atomic mass is 9.95. The highest BCUT2D eigenvalue weighted by Gasteiger charge is 2.37. The fraction of sp³-hybridized carbons (Fsp3) is 0.308. The number of carboxylic acids is 1. The van der Waals surface area contributed by atoms with Gasteiger partial charge in [-0.25, -0.2) is 19.2 Å². The maximum absolute atomic E-state index is 13.4. The van der Waals surface area contributed by atoms with Crippen molar-refractivity contribution in [3.63, 3.8) is 0 Å². The van der Waals surface area contributed by atoms with E-state index in [4.69, 9.17) is 159 Å². The summed E-state index contributed by atoms with van der Waals surface area (Å²) in [5.41, 5.74) is 15.5. The van der Waals surface area contributed by atoms with Crippen molar-refractivity contribution in [3.05, 3.63) is 342 Å². The number of alkyl halides is 1. The van der Waals surface area contributed by atoms with Crippen molar-refractivity contribution in [1.29, 1.82) is 0 Å². The fourth-order valence-electron chi connectivity index (χ4n) is 14.9. The van der Waals surface area contributed by atoms with Crippen LogP contribution in [0.5, 0.6) is 0 Å². The summed E-state index contributed by atoms with van der Waals surface area (Å²) in [6, 6.07) is 52.9. The molecule has 4 aliphatic rings. The summed E-state index contributed by atoms with van der Waals surface area (Å²) in [6.07, 6.45) is 2.53. The number of carbonyl (C=O) groups is 12. The molecule has 0 bridgehead atoms. The largest absolute Gasteiger partial charge is 0.478 e. The Morgan fingerprint density at radius 1 is 0.431 bits per heavy atom. The van der Waals surface area contributed by atoms with Crippen molar-refractivity contribution in [2.24, 2.45) is 5.73 Å². The molecule has 5 N–H and O–H groups in total. The zero-order chi connectivity index (χ0) is 101. The van der Waals surface area contributed by atoms with E-state index in [1.807, 2.05) is 127 Å². The number of halogens is 13. The first-order valence-electron chi connectivity index (χ1n) is 42.9. The van der Waals surface area contributed by atoms with Crippen LogP contribution in [0.4, 0.5) is 0 Å². The van der Waals surface area contributed by atoms with Gasteiger partial charge in [-0.3, -0.25) is 38.4 Å². The van der Waals surface area contributed by atoms with Crippen molar-refractivity contribution in [1.82, 2.24) is 35.1 Å². The van der Waals surface area contributed by atoms with Crippen molar-refractivity contribution < 1.29 is 81.6 Å². The van der Waals surface area contributed by atoms with Crippen LogP contribution in [0.1, 0.15) is 208 Å². The monoisotopic (exact) mass is 2310 g/mol. The second kappa shape index (κ2) is 62.6. The molecule has 0 aliphatic carbocycles. The molecule has 40 heteroatoms. The Balaban J connectivity index is 0.000000463. The van der Waals surface area contributed by atoms with E-state index >= 15 is 0 Å². The van der Waals surface area contributed by atoms with Crippen LogP contribution in [0.25, 0.3) is 0 Å². The molecule has 7 amide bonds. The summed E-state index contributed by atoms with van der Waals surface area (Å²) in [7, 11) is 5.93. The normalized spacial score (nSPS) is 12.5. The molecule has 0 aromatic heterocycles. The molecule has 25 nitrogen and oxygen atoms in total. The predicted molar refractivity (Wildman–Crippen MR) is 590 cm³/mol. The van der Waals surface area contributed by atoms with Crippen LogP contribution in [0.15, 0.2) is 182 Å². The Morgan fingerprint density at radius 3 is 1.10 bits per heavy atom. The maximum Gasteiger partial charge on any atom is 0.340 e. The summed E-state index contributed by atoms with van der Waals surface area (Å²) >= 11 is 77.0. The van der Waals surface area contributed by atoms with Crippen LogP contribution >= 0.6 is 182 Å². The first kappa shape index (κ1) is 129. The van der Waals surface area contributed by atoms with E-state index in [-0.39, 0.29) is 180 Å². The number of nitrogens with one attached hydrogen (secondary N) is 2. The Morgan fingerprint density at radius 2 is 0.750 bits per heavy atom. The molecular formula is C104H115BrCl12N8O17S2. The van der Waals surface area contributed by atoms with E-state index in [9.17, 15) is 62.6 Å². The second-order valence-electron chi connectivity index (χ2n) is 31.4. The topological polar surface area (TPSA) is 328 Å². The van der Waals surface area contributed by atoms with E-state index in [0.29, 0.717) is 157 Å². The lowest BCUT2D eigenvalue weighted by Crippen LogP contribution is -2.43. The van der Waals surface area contributed by atoms with Gasteiger partial charge < -0.3 is 64.9 Å². The van der Waals surface area contributed by atoms with E-state index in [0.717, 1.165) is 38.2 Å². The number of aromatic carboxylic acids is 1. The molecule has 2 atom stereocenters. The molecule has 10 aromatic rings. The van der Waals surface area contributed by atoms with E-state index in [1.54, 1.807) is 82.8 Å². The molecule has 0 spiro atoms. The number of carboxylic acid groups (broad SMARTS) is 1. The summed E-state index contributed by atoms with van der Waals surface area (Å²) in [6.45, 7) is 7.74. The minimum Gasteiger partial charge on any atom is -0.478 e. The van der Waals surface area contributed by atoms with E-state index < -0.39 is 47.8 Å². The van der Waals surface area contributed by atoms with Crippen molar-refractivity contribution in [3.8, 4) is 0 Å². The number of esters is 4. The van der Waals surface area contributed by atoms with Gasteiger partial charge in [-0.1, -0.05) is 294 Å². The van der Waals surface area contributed by atoms with Gasteiger partial charge in [0, 0.05) is 134 Å². The minimum absolute atomic E-state index is 0. The molecule has 0 unspecified atom stereocenters. The second-order valence-corrected chi connectivity index (χ2v) is 36.8. The van der Waals surface area contributed by atoms with Gasteiger partial charge in [0.25, 0.3) is 29.5 Å². The van der Waals surface area contributed by atoms with Gasteiger partial charge >= 0.3 is 29.8 Å². The molecule has 0 saturated heterocycles. The molecule has 4 heterocycles. The third kappa shape index (κ3) is 35.6. The number of benzene rings is 10. The van der Waals surface area contributed by atoms with Gasteiger partial charge in [0.05, 0.1) is 89.9 Å². The van der Waals surface area contributed by atoms with Gasteiger partial charge in [0.15, 0.2) is 0 Å². The number of ether oxygens (including phenoxy) is 4. The summed E-state index contributed by atoms with van der Waals surface area (Å²) in [4.78, 5) is 156. The van der Waals surface area contributed by atoms with Crippen LogP contribution < -0.4 is 16.4 Å². The molecule has 0 radical (unpaired) electrons. The molecule has 144 heavy (non-hydrogen) atoms. The number of carbonyl (C=O) groups excluding carboxylic acids is 11. The van der Waals surface area contributed by atoms with Crippen molar-refractivity contribution >= 4 is 253 Å². The number of hydrogen-bond donors (Lipinski definition) is 4. The summed E-state index contributed by atoms with van der Waals surface area (Å²) in [5, 5.41) is 18.7. The Hall–Kier alpha value is -9.54. The zero-order valence-electron chi connectivity index (χ0n) is 76.3. The maximum atomic E-state index is 13.4. The van der Waals surface area contributed by atoms with Crippen molar-refractivity contribution in [2.45, 2.75) is 145 Å². The third-order valence-electron chi connectivity index (χ3n) is 21.8. The quantitative estimate of drug-likeness (QED) is 0.0222. The highest BCUT2D eigenvalue weighted by atomic mass is 79.9. The fourth-order valence-corrected chi connectivity index (χ4v) is 18.9. The Bertz CT molecular complexity index is 6190. The SMILES string of the molecule is C.C.C.C.CCOC(=O)[C@@H](N)CCC(=O)N(C)Cc1ccccc1.CCOC(=O)[C@H](CCC(=O)N(C)Cc1ccccc1)NC(=O)c1c(Cl)cc2c(c1Cl)CCN(Cc1cccc(Cl)c1)C2=O.COC(=O)c1c(Cl)cc2c(c1Cl)CCN(Cc1cccc(Cl)c1)C2=O.COC(=O)c1c(Cl)cc2c(c1Cl)CCNC2=O.Clc1cccc(CBr)c1.O=C(O)c1c(Cl)cc2c(c1Cl)CCN(Cc1cccc(Cl)c1)C2=O.S.S. The predicted octanol–water partition coefficient (Wildman–Crippen LogP) is 24.5. The highest BCUT2D eigenvalue weighted by Crippen LogP contribution is 2.40. The molecule has 14 rings (SSSR count). The molecule has 776 valence electrons. The highest BCUT2D eigenvalue weighted by molar-refractivity contribution is 9.08. The molecule has 0 fully saturated rings. The molecule has 10 aromatic carbocycles. The third-order valence-corrected chi connectivity index (χ3v) is 26.3. The first-order chi connectivity index (χ1) is 65.8. The van der Waals surface area contributed by atoms with E-state index in [1.165, 1.54) is 44.0 Å². The van der Waals surface area contributed by atoms with Crippen LogP contribution in [-0.2, 0) is 102 Å². The number of nitrogens with zero attached hydrogens (tertiary/aromatic N) is 5. The smallest absolute Gasteiger partial charge is 0.340 e. The van der Waals surface area contributed by atoms with Gasteiger partial charge in [-0.15, -0.1) is 0 Å². The lowest BCUT2D eigenvalue weighted by molar-refractivity contribution is -0.146. The first-order valence-corrected chi connectivity index (χ1v) is 48.6. The number of hydrogen-bond acceptors (Lipinski definition) is 17. The van der Waals surface area contributed by atoms with Gasteiger partial charge in [-0.05, 0) is 181 Å². The Kier molecular flexibility index (Phi) is 55.9. The lowest BCUT2D eigenvalue weighted by Gasteiger charge is -2.30. The minimum atomic E-state index is -1.21. The van der Waals surface area contributed by atoms with Gasteiger partial charge in [0.1, 0.15) is 12.1 Å². The van der Waals surface area contributed by atoms with Crippen LogP contribution in [0.2, 0.25) is 60.3 Å². The van der Waals surface area contributed by atoms with Gasteiger partial charge in [-0.2, -0.15) is 27.0 Å². The van der Waals surface area contributed by atoms with Crippen molar-refractivity contribution in [2.75, 3.05) is 67.7 Å². The molecule has 4 aliphatic heterocycles. The average molecular weight is 2320 g/mol. The summed E-state index contributed by atoms with van der Waals surface area (Å²) < 4.78 is 19.3. The number of methoxy groups -OCH3 is 2. The number of nitrogens with two attached hydrogens (primary N) is 1. The Labute approximate surface area is 922 Å². The number of fused-ring (bicyclic) bond motifs is 4. The average Bonchev–Trinajstić information content (AvgIpc) is 0.778. The van der Waals surface area contributed by atoms with Gasteiger partial charge in [0.2, 0.25) is 11.8 Å². The van der Waals surface area contributed by atoms with Crippen LogP contribution in [0, 0.1) is 0 Å². The summed E-state index contributed by atoms with van der Waals surface area (Å²) in [5.74, 6) is -5.38. The van der Waals surface area contributed by atoms with Crippen LogP contribution in [-0.4, -0.2) is 181 Å². The number of amides is 7. The van der Waals surface area contributed by atoms with E-state index in [2.05, 4.69) is 31.3 Å².